The third kappa shape index (κ3) is 3.36. The summed E-state index contributed by atoms with van der Waals surface area (Å²) in [5.74, 6) is 2.85. The molecule has 0 spiro atoms. The van der Waals surface area contributed by atoms with Gasteiger partial charge in [-0.2, -0.15) is 15.0 Å². The fraction of sp³-hybridized carbons (Fsp3) is 0.800. The summed E-state index contributed by atoms with van der Waals surface area (Å²) in [6, 6.07) is 0. The molecule has 1 aromatic heterocycles. The maximum atomic E-state index is 4.65. The van der Waals surface area contributed by atoms with Crippen molar-refractivity contribution in [3.63, 3.8) is 0 Å². The van der Waals surface area contributed by atoms with Crippen LogP contribution < -0.4 is 15.5 Å². The maximum Gasteiger partial charge on any atom is 0.231 e. The molecule has 21 heavy (non-hydrogen) atoms. The van der Waals surface area contributed by atoms with Gasteiger partial charge in [-0.3, -0.25) is 0 Å². The number of nitrogens with zero attached hydrogens (tertiary/aromatic N) is 4. The quantitative estimate of drug-likeness (QED) is 0.868. The van der Waals surface area contributed by atoms with Crippen LogP contribution in [0.4, 0.5) is 17.8 Å². The molecular weight excluding hydrogens is 264 g/mol. The van der Waals surface area contributed by atoms with Crippen LogP contribution in [0.5, 0.6) is 0 Å². The van der Waals surface area contributed by atoms with E-state index in [1.807, 2.05) is 7.05 Å². The highest BCUT2D eigenvalue weighted by Gasteiger charge is 2.38. The second-order valence-electron chi connectivity index (χ2n) is 6.70. The van der Waals surface area contributed by atoms with Crippen molar-refractivity contribution in [3.05, 3.63) is 0 Å². The molecule has 2 fully saturated rings. The first-order valence-corrected chi connectivity index (χ1v) is 8.05. The van der Waals surface area contributed by atoms with Crippen molar-refractivity contribution in [2.24, 2.45) is 5.92 Å². The van der Waals surface area contributed by atoms with E-state index in [0.29, 0.717) is 11.9 Å². The van der Waals surface area contributed by atoms with Crippen molar-refractivity contribution in [2.75, 3.05) is 35.7 Å². The van der Waals surface area contributed by atoms with E-state index in [0.717, 1.165) is 25.0 Å². The molecule has 0 unspecified atom stereocenters. The first kappa shape index (κ1) is 14.4. The molecule has 2 N–H and O–H groups in total. The van der Waals surface area contributed by atoms with Crippen molar-refractivity contribution < 1.29 is 0 Å². The Balaban J connectivity index is 1.82. The molecule has 2 aliphatic rings. The van der Waals surface area contributed by atoms with Gasteiger partial charge in [0, 0.05) is 25.7 Å². The van der Waals surface area contributed by atoms with Gasteiger partial charge in [-0.25, -0.2) is 0 Å². The second kappa shape index (κ2) is 5.66. The van der Waals surface area contributed by atoms with Gasteiger partial charge in [0.1, 0.15) is 0 Å². The zero-order chi connectivity index (χ0) is 14.9. The zero-order valence-corrected chi connectivity index (χ0v) is 13.3. The Hall–Kier alpha value is -1.59. The van der Waals surface area contributed by atoms with E-state index in [2.05, 4.69) is 44.3 Å². The lowest BCUT2D eigenvalue weighted by Gasteiger charge is -2.29. The molecule has 0 radical (unpaired) electrons. The summed E-state index contributed by atoms with van der Waals surface area (Å²) in [6.45, 7) is 6.54. The third-order valence-corrected chi connectivity index (χ3v) is 4.52. The van der Waals surface area contributed by atoms with Crippen molar-refractivity contribution in [1.82, 2.24) is 15.0 Å². The van der Waals surface area contributed by atoms with Gasteiger partial charge in [0.05, 0.1) is 0 Å². The molecule has 3 rings (SSSR count). The van der Waals surface area contributed by atoms with Crippen LogP contribution in [0, 0.1) is 5.92 Å². The molecule has 1 aliphatic heterocycles. The smallest absolute Gasteiger partial charge is 0.231 e. The van der Waals surface area contributed by atoms with Gasteiger partial charge in [0.25, 0.3) is 0 Å². The SMILES string of the molecule is CNc1nc(NC(C)(C)C2CC2)nc(N2CCCCC2)n1. The number of rotatable bonds is 5. The molecule has 0 aromatic carbocycles. The predicted molar refractivity (Wildman–Crippen MR) is 85.9 cm³/mol. The largest absolute Gasteiger partial charge is 0.357 e. The number of piperidine rings is 1. The van der Waals surface area contributed by atoms with Crippen LogP contribution in [0.2, 0.25) is 0 Å². The summed E-state index contributed by atoms with van der Waals surface area (Å²) < 4.78 is 0. The minimum Gasteiger partial charge on any atom is -0.357 e. The summed E-state index contributed by atoms with van der Waals surface area (Å²) >= 11 is 0. The molecule has 0 amide bonds. The van der Waals surface area contributed by atoms with E-state index in [-0.39, 0.29) is 5.54 Å². The van der Waals surface area contributed by atoms with Gasteiger partial charge >= 0.3 is 0 Å². The minimum atomic E-state index is 0.0472. The van der Waals surface area contributed by atoms with Crippen LogP contribution in [-0.2, 0) is 0 Å². The summed E-state index contributed by atoms with van der Waals surface area (Å²) in [5.41, 5.74) is 0.0472. The summed E-state index contributed by atoms with van der Waals surface area (Å²) in [5, 5.41) is 6.55. The predicted octanol–water partition coefficient (Wildman–Crippen LogP) is 2.50. The third-order valence-electron chi connectivity index (χ3n) is 4.52. The molecule has 1 aliphatic carbocycles. The summed E-state index contributed by atoms with van der Waals surface area (Å²) in [6.07, 6.45) is 6.33. The summed E-state index contributed by atoms with van der Waals surface area (Å²) in [7, 11) is 1.85. The van der Waals surface area contributed by atoms with E-state index >= 15 is 0 Å². The van der Waals surface area contributed by atoms with E-state index < -0.39 is 0 Å². The van der Waals surface area contributed by atoms with E-state index in [4.69, 9.17) is 0 Å². The number of aromatic nitrogens is 3. The minimum absolute atomic E-state index is 0.0472. The zero-order valence-electron chi connectivity index (χ0n) is 13.3. The average Bonchev–Trinajstić information content (AvgIpc) is 3.32. The molecule has 0 atom stereocenters. The number of hydrogen-bond donors (Lipinski definition) is 2. The first-order valence-electron chi connectivity index (χ1n) is 8.05. The Bertz CT molecular complexity index is 491. The molecule has 0 bridgehead atoms. The second-order valence-corrected chi connectivity index (χ2v) is 6.70. The van der Waals surface area contributed by atoms with Gasteiger partial charge in [-0.1, -0.05) is 0 Å². The van der Waals surface area contributed by atoms with Crippen molar-refractivity contribution >= 4 is 17.8 Å². The highest BCUT2D eigenvalue weighted by Crippen LogP contribution is 2.40. The van der Waals surface area contributed by atoms with Crippen molar-refractivity contribution in [1.29, 1.82) is 0 Å². The molecule has 2 heterocycles. The van der Waals surface area contributed by atoms with Crippen LogP contribution in [0.3, 0.4) is 0 Å². The number of hydrogen-bond acceptors (Lipinski definition) is 6. The Morgan fingerprint density at radius 1 is 1.00 bits per heavy atom. The Morgan fingerprint density at radius 2 is 1.67 bits per heavy atom. The lowest BCUT2D eigenvalue weighted by atomic mass is 9.99. The average molecular weight is 290 g/mol. The normalized spacial score (nSPS) is 19.5. The standard InChI is InChI=1S/C15H26N6/c1-15(2,11-7-8-11)20-13-17-12(16-3)18-14(19-13)21-9-5-4-6-10-21/h11H,4-10H2,1-3H3,(H2,16,17,18,19,20). The Kier molecular flexibility index (Phi) is 3.87. The van der Waals surface area contributed by atoms with E-state index in [1.165, 1.54) is 32.1 Å². The molecule has 6 nitrogen and oxygen atoms in total. The fourth-order valence-corrected chi connectivity index (χ4v) is 2.96. The van der Waals surface area contributed by atoms with Crippen LogP contribution >= 0.6 is 0 Å². The molecular formula is C15H26N6. The van der Waals surface area contributed by atoms with E-state index in [1.54, 1.807) is 0 Å². The van der Waals surface area contributed by atoms with Gasteiger partial charge in [-0.05, 0) is 51.9 Å². The fourth-order valence-electron chi connectivity index (χ4n) is 2.96. The van der Waals surface area contributed by atoms with Crippen LogP contribution in [0.15, 0.2) is 0 Å². The highest BCUT2D eigenvalue weighted by atomic mass is 15.3. The lowest BCUT2D eigenvalue weighted by Crippen LogP contribution is -2.35. The molecule has 1 aromatic rings. The summed E-state index contributed by atoms with van der Waals surface area (Å²) in [4.78, 5) is 15.9. The molecule has 1 saturated carbocycles. The molecule has 116 valence electrons. The van der Waals surface area contributed by atoms with Gasteiger partial charge in [0.15, 0.2) is 0 Å². The monoisotopic (exact) mass is 290 g/mol. The number of nitrogens with one attached hydrogen (secondary N) is 2. The molecule has 6 heteroatoms. The first-order chi connectivity index (χ1) is 10.1. The Morgan fingerprint density at radius 3 is 2.29 bits per heavy atom. The van der Waals surface area contributed by atoms with E-state index in [9.17, 15) is 0 Å². The maximum absolute atomic E-state index is 4.65. The van der Waals surface area contributed by atoms with Gasteiger partial charge in [-0.15, -0.1) is 0 Å². The Labute approximate surface area is 126 Å². The lowest BCUT2D eigenvalue weighted by molar-refractivity contribution is 0.489. The number of anilines is 3. The van der Waals surface area contributed by atoms with Crippen LogP contribution in [-0.4, -0.2) is 40.6 Å². The van der Waals surface area contributed by atoms with Crippen molar-refractivity contribution in [3.8, 4) is 0 Å². The van der Waals surface area contributed by atoms with Gasteiger partial charge < -0.3 is 15.5 Å². The van der Waals surface area contributed by atoms with Gasteiger partial charge in [0.2, 0.25) is 17.8 Å². The van der Waals surface area contributed by atoms with Crippen LogP contribution in [0.1, 0.15) is 46.0 Å². The van der Waals surface area contributed by atoms with Crippen LogP contribution in [0.25, 0.3) is 0 Å². The molecule has 1 saturated heterocycles. The van der Waals surface area contributed by atoms with Crippen molar-refractivity contribution in [2.45, 2.75) is 51.5 Å². The highest BCUT2D eigenvalue weighted by molar-refractivity contribution is 5.45. The topological polar surface area (TPSA) is 66.0 Å².